The van der Waals surface area contributed by atoms with E-state index < -0.39 is 0 Å². The molecule has 0 saturated carbocycles. The van der Waals surface area contributed by atoms with Crippen LogP contribution < -0.4 is 0 Å². The summed E-state index contributed by atoms with van der Waals surface area (Å²) in [4.78, 5) is 1.89. The van der Waals surface area contributed by atoms with Crippen molar-refractivity contribution in [2.45, 2.75) is 13.2 Å². The van der Waals surface area contributed by atoms with Gasteiger partial charge < -0.3 is 8.98 Å². The SMILES string of the molecule is CN(Cc1c(F)cccc1Cl)Cn1nc(-c2ccco2)n(C)c1=S. The number of halogens is 2. The molecule has 2 aromatic heterocycles. The van der Waals surface area contributed by atoms with Crippen molar-refractivity contribution < 1.29 is 8.81 Å². The zero-order valence-electron chi connectivity index (χ0n) is 13.2. The van der Waals surface area contributed by atoms with Crippen LogP contribution in [-0.2, 0) is 20.3 Å². The summed E-state index contributed by atoms with van der Waals surface area (Å²) in [5, 5.41) is 4.90. The van der Waals surface area contributed by atoms with Crippen LogP contribution in [0.3, 0.4) is 0 Å². The molecule has 0 aliphatic rings. The van der Waals surface area contributed by atoms with E-state index in [9.17, 15) is 4.39 Å². The Hall–Kier alpha value is -1.96. The standard InChI is InChI=1S/C16H16ClFN4OS/c1-20(9-11-12(17)5-3-6-13(11)18)10-22-16(24)21(2)15(19-22)14-7-4-8-23-14/h3-8H,9-10H2,1-2H3. The van der Waals surface area contributed by atoms with E-state index in [1.807, 2.05) is 25.1 Å². The number of aromatic nitrogens is 3. The highest BCUT2D eigenvalue weighted by Gasteiger charge is 2.15. The van der Waals surface area contributed by atoms with Crippen LogP contribution in [0.4, 0.5) is 4.39 Å². The molecule has 1 aromatic carbocycles. The number of nitrogens with zero attached hydrogens (tertiary/aromatic N) is 4. The second kappa shape index (κ2) is 6.88. The third-order valence-corrected chi connectivity index (χ3v) is 4.49. The molecule has 5 nitrogen and oxygen atoms in total. The Balaban J connectivity index is 1.81. The first kappa shape index (κ1) is 16.9. The van der Waals surface area contributed by atoms with Crippen molar-refractivity contribution in [3.05, 3.63) is 57.8 Å². The second-order valence-electron chi connectivity index (χ2n) is 5.50. The first-order valence-corrected chi connectivity index (χ1v) is 8.05. The third kappa shape index (κ3) is 3.28. The third-order valence-electron chi connectivity index (χ3n) is 3.65. The molecule has 0 radical (unpaired) electrons. The Morgan fingerprint density at radius 2 is 2.12 bits per heavy atom. The molecule has 0 atom stereocenters. The van der Waals surface area contributed by atoms with Crippen molar-refractivity contribution >= 4 is 23.8 Å². The average Bonchev–Trinajstić information content (AvgIpc) is 3.15. The molecule has 0 spiro atoms. The van der Waals surface area contributed by atoms with Gasteiger partial charge in [-0.1, -0.05) is 17.7 Å². The predicted molar refractivity (Wildman–Crippen MR) is 92.6 cm³/mol. The number of hydrogen-bond acceptors (Lipinski definition) is 4. The summed E-state index contributed by atoms with van der Waals surface area (Å²) in [5.74, 6) is 0.958. The summed E-state index contributed by atoms with van der Waals surface area (Å²) in [7, 11) is 3.68. The molecule has 3 aromatic rings. The molecule has 0 aliphatic heterocycles. The molecule has 126 valence electrons. The molecule has 0 amide bonds. The molecule has 8 heteroatoms. The number of hydrogen-bond donors (Lipinski definition) is 0. The zero-order chi connectivity index (χ0) is 17.3. The minimum Gasteiger partial charge on any atom is -0.461 e. The second-order valence-corrected chi connectivity index (χ2v) is 6.27. The van der Waals surface area contributed by atoms with E-state index >= 15 is 0 Å². The highest BCUT2D eigenvalue weighted by molar-refractivity contribution is 7.71. The van der Waals surface area contributed by atoms with E-state index in [0.717, 1.165) is 0 Å². The smallest absolute Gasteiger partial charge is 0.199 e. The fraction of sp³-hybridized carbons (Fsp3) is 0.250. The zero-order valence-corrected chi connectivity index (χ0v) is 14.8. The summed E-state index contributed by atoms with van der Waals surface area (Å²) >= 11 is 11.5. The van der Waals surface area contributed by atoms with Gasteiger partial charge in [-0.3, -0.25) is 4.90 Å². The van der Waals surface area contributed by atoms with Crippen molar-refractivity contribution in [2.24, 2.45) is 7.05 Å². The predicted octanol–water partition coefficient (Wildman–Crippen LogP) is 4.09. The number of benzene rings is 1. The summed E-state index contributed by atoms with van der Waals surface area (Å²) in [6.07, 6.45) is 1.59. The van der Waals surface area contributed by atoms with E-state index in [-0.39, 0.29) is 5.82 Å². The van der Waals surface area contributed by atoms with Crippen LogP contribution >= 0.6 is 23.8 Å². The summed E-state index contributed by atoms with van der Waals surface area (Å²) < 4.78 is 23.3. The molecule has 0 fully saturated rings. The maximum Gasteiger partial charge on any atom is 0.199 e. The van der Waals surface area contributed by atoms with Gasteiger partial charge in [-0.05, 0) is 43.5 Å². The number of furan rings is 1. The summed E-state index contributed by atoms with van der Waals surface area (Å²) in [5.41, 5.74) is 0.454. The topological polar surface area (TPSA) is 39.1 Å². The van der Waals surface area contributed by atoms with Gasteiger partial charge in [0.1, 0.15) is 5.82 Å². The maximum absolute atomic E-state index is 13.9. The Labute approximate surface area is 148 Å². The van der Waals surface area contributed by atoms with Gasteiger partial charge in [-0.15, -0.1) is 5.10 Å². The van der Waals surface area contributed by atoms with E-state index in [1.165, 1.54) is 6.07 Å². The van der Waals surface area contributed by atoms with Gasteiger partial charge in [0.15, 0.2) is 16.4 Å². The van der Waals surface area contributed by atoms with Gasteiger partial charge in [0, 0.05) is 24.2 Å². The van der Waals surface area contributed by atoms with Gasteiger partial charge in [0.25, 0.3) is 0 Å². The molecule has 0 aliphatic carbocycles. The van der Waals surface area contributed by atoms with Gasteiger partial charge in [-0.25, -0.2) is 9.07 Å². The van der Waals surface area contributed by atoms with Crippen LogP contribution in [0.5, 0.6) is 0 Å². The normalized spacial score (nSPS) is 11.4. The first-order valence-electron chi connectivity index (χ1n) is 7.26. The van der Waals surface area contributed by atoms with Crippen molar-refractivity contribution in [3.8, 4) is 11.6 Å². The van der Waals surface area contributed by atoms with E-state index in [4.69, 9.17) is 28.2 Å². The maximum atomic E-state index is 13.9. The van der Waals surface area contributed by atoms with Gasteiger partial charge in [-0.2, -0.15) is 0 Å². The Kier molecular flexibility index (Phi) is 4.84. The highest BCUT2D eigenvalue weighted by atomic mass is 35.5. The van der Waals surface area contributed by atoms with E-state index in [1.54, 1.807) is 33.7 Å². The molecule has 0 N–H and O–H groups in total. The summed E-state index contributed by atoms with van der Waals surface area (Å²) in [6.45, 7) is 0.748. The molecule has 0 saturated heterocycles. The van der Waals surface area contributed by atoms with Crippen LogP contribution in [-0.4, -0.2) is 26.3 Å². The minimum absolute atomic E-state index is 0.324. The quantitative estimate of drug-likeness (QED) is 0.637. The van der Waals surface area contributed by atoms with Crippen molar-refractivity contribution in [1.29, 1.82) is 0 Å². The van der Waals surface area contributed by atoms with Crippen LogP contribution in [0.1, 0.15) is 5.56 Å². The molecule has 0 unspecified atom stereocenters. The fourth-order valence-electron chi connectivity index (χ4n) is 2.43. The van der Waals surface area contributed by atoms with Crippen LogP contribution in [0.25, 0.3) is 11.6 Å². The molecular weight excluding hydrogens is 351 g/mol. The van der Waals surface area contributed by atoms with E-state index in [2.05, 4.69) is 5.10 Å². The summed E-state index contributed by atoms with van der Waals surface area (Å²) in [6, 6.07) is 8.28. The monoisotopic (exact) mass is 366 g/mol. The molecule has 0 bridgehead atoms. The fourth-order valence-corrected chi connectivity index (χ4v) is 2.84. The average molecular weight is 367 g/mol. The highest BCUT2D eigenvalue weighted by Crippen LogP contribution is 2.21. The molecule has 3 rings (SSSR count). The van der Waals surface area contributed by atoms with Crippen molar-refractivity contribution in [1.82, 2.24) is 19.2 Å². The Bertz CT molecular complexity index is 883. The lowest BCUT2D eigenvalue weighted by atomic mass is 10.2. The van der Waals surface area contributed by atoms with Gasteiger partial charge in [0.05, 0.1) is 12.9 Å². The molecular formula is C16H16ClFN4OS. The Morgan fingerprint density at radius 3 is 2.79 bits per heavy atom. The largest absolute Gasteiger partial charge is 0.461 e. The van der Waals surface area contributed by atoms with Crippen molar-refractivity contribution in [3.63, 3.8) is 0 Å². The lowest BCUT2D eigenvalue weighted by molar-refractivity contribution is 0.241. The number of rotatable bonds is 5. The lowest BCUT2D eigenvalue weighted by Gasteiger charge is -2.17. The van der Waals surface area contributed by atoms with Crippen LogP contribution in [0.2, 0.25) is 5.02 Å². The minimum atomic E-state index is -0.324. The molecule has 24 heavy (non-hydrogen) atoms. The van der Waals surface area contributed by atoms with Crippen LogP contribution in [0, 0.1) is 10.6 Å². The first-order chi connectivity index (χ1) is 11.5. The van der Waals surface area contributed by atoms with Gasteiger partial charge >= 0.3 is 0 Å². The van der Waals surface area contributed by atoms with Crippen LogP contribution in [0.15, 0.2) is 41.0 Å². The molecule has 2 heterocycles. The van der Waals surface area contributed by atoms with E-state index in [0.29, 0.717) is 40.2 Å². The van der Waals surface area contributed by atoms with Crippen molar-refractivity contribution in [2.75, 3.05) is 7.05 Å². The van der Waals surface area contributed by atoms with Gasteiger partial charge in [0.2, 0.25) is 0 Å². The lowest BCUT2D eigenvalue weighted by Crippen LogP contribution is -2.23. The Morgan fingerprint density at radius 1 is 1.33 bits per heavy atom.